The van der Waals surface area contributed by atoms with Crippen molar-refractivity contribution in [2.75, 3.05) is 26.8 Å². The molecular formula is C18H24N4O3S. The van der Waals surface area contributed by atoms with Gasteiger partial charge in [0.2, 0.25) is 10.0 Å². The van der Waals surface area contributed by atoms with Crippen molar-refractivity contribution in [1.82, 2.24) is 19.5 Å². The number of nitrogens with one attached hydrogen (secondary N) is 1. The van der Waals surface area contributed by atoms with Gasteiger partial charge in [0.1, 0.15) is 5.82 Å². The van der Waals surface area contributed by atoms with Crippen molar-refractivity contribution in [2.24, 2.45) is 5.92 Å². The summed E-state index contributed by atoms with van der Waals surface area (Å²) < 4.78 is 32.7. The monoisotopic (exact) mass is 376 g/mol. The molecule has 2 fully saturated rings. The van der Waals surface area contributed by atoms with Crippen LogP contribution >= 0.6 is 0 Å². The number of sulfonamides is 1. The third-order valence-corrected chi connectivity index (χ3v) is 6.97. The molecule has 1 aliphatic carbocycles. The quantitative estimate of drug-likeness (QED) is 0.797. The van der Waals surface area contributed by atoms with Gasteiger partial charge in [0, 0.05) is 38.0 Å². The van der Waals surface area contributed by atoms with Gasteiger partial charge in [0.05, 0.1) is 12.4 Å². The Bertz CT molecular complexity index is 848. The maximum absolute atomic E-state index is 12.9. The molecule has 2 aromatic rings. The van der Waals surface area contributed by atoms with E-state index in [9.17, 15) is 8.42 Å². The Kier molecular flexibility index (Phi) is 4.81. The number of hydrogen-bond acceptors (Lipinski definition) is 5. The first-order valence-corrected chi connectivity index (χ1v) is 10.6. The summed E-state index contributed by atoms with van der Waals surface area (Å²) in [7, 11) is -1.74. The Morgan fingerprint density at radius 2 is 2.00 bits per heavy atom. The van der Waals surface area contributed by atoms with Crippen LogP contribution < -0.4 is 0 Å². The van der Waals surface area contributed by atoms with E-state index < -0.39 is 10.0 Å². The highest BCUT2D eigenvalue weighted by molar-refractivity contribution is 7.88. The number of aromatic nitrogens is 3. The molecule has 1 N–H and O–H groups in total. The van der Waals surface area contributed by atoms with Crippen LogP contribution in [0.4, 0.5) is 0 Å². The molecule has 0 bridgehead atoms. The number of ether oxygens (including phenoxy) is 1. The molecule has 0 radical (unpaired) electrons. The average Bonchev–Trinajstić information content (AvgIpc) is 3.19. The van der Waals surface area contributed by atoms with Crippen molar-refractivity contribution in [2.45, 2.75) is 30.4 Å². The van der Waals surface area contributed by atoms with Gasteiger partial charge in [-0.15, -0.1) is 0 Å². The van der Waals surface area contributed by atoms with Crippen LogP contribution in [0.5, 0.6) is 0 Å². The van der Waals surface area contributed by atoms with E-state index in [1.54, 1.807) is 11.4 Å². The van der Waals surface area contributed by atoms with Crippen LogP contribution in [0.3, 0.4) is 0 Å². The van der Waals surface area contributed by atoms with Crippen molar-refractivity contribution < 1.29 is 13.2 Å². The molecule has 0 unspecified atom stereocenters. The Balaban J connectivity index is 1.52. The van der Waals surface area contributed by atoms with E-state index in [1.165, 1.54) is 0 Å². The largest absolute Gasteiger partial charge is 0.384 e. The number of nitrogens with zero attached hydrogens (tertiary/aromatic N) is 3. The average molecular weight is 376 g/mol. The zero-order valence-corrected chi connectivity index (χ0v) is 15.7. The fraction of sp³-hybridized carbons (Fsp3) is 0.556. The number of hydrogen-bond donors (Lipinski definition) is 1. The molecule has 2 heterocycles. The van der Waals surface area contributed by atoms with Crippen LogP contribution in [0.25, 0.3) is 0 Å². The highest BCUT2D eigenvalue weighted by Crippen LogP contribution is 2.39. The van der Waals surface area contributed by atoms with Gasteiger partial charge in [0.15, 0.2) is 5.82 Å². The summed E-state index contributed by atoms with van der Waals surface area (Å²) in [6.45, 7) is 1.37. The SMILES string of the molecule is COC[C@@H]1CN(S(=O)(=O)Cc2ccccc2)C[C@H]1c1nc(C2CC2)n[nH]1. The van der Waals surface area contributed by atoms with Gasteiger partial charge in [-0.3, -0.25) is 5.10 Å². The number of aromatic amines is 1. The van der Waals surface area contributed by atoms with E-state index in [2.05, 4.69) is 15.2 Å². The molecule has 26 heavy (non-hydrogen) atoms. The zero-order valence-electron chi connectivity index (χ0n) is 14.8. The van der Waals surface area contributed by atoms with Gasteiger partial charge in [-0.1, -0.05) is 30.3 Å². The van der Waals surface area contributed by atoms with Gasteiger partial charge in [-0.2, -0.15) is 5.10 Å². The molecule has 0 spiro atoms. The summed E-state index contributed by atoms with van der Waals surface area (Å²) in [6, 6.07) is 9.29. The van der Waals surface area contributed by atoms with E-state index in [4.69, 9.17) is 4.74 Å². The Labute approximate surface area is 153 Å². The molecule has 7 nitrogen and oxygen atoms in total. The summed E-state index contributed by atoms with van der Waals surface area (Å²) in [5.41, 5.74) is 0.801. The summed E-state index contributed by atoms with van der Waals surface area (Å²) in [4.78, 5) is 4.64. The molecule has 1 aromatic heterocycles. The molecule has 1 aromatic carbocycles. The van der Waals surface area contributed by atoms with Crippen molar-refractivity contribution in [3.63, 3.8) is 0 Å². The second-order valence-electron chi connectivity index (χ2n) is 7.23. The number of benzene rings is 1. The van der Waals surface area contributed by atoms with Crippen LogP contribution in [0.15, 0.2) is 30.3 Å². The zero-order chi connectivity index (χ0) is 18.1. The topological polar surface area (TPSA) is 88.2 Å². The molecule has 8 heteroatoms. The lowest BCUT2D eigenvalue weighted by Gasteiger charge is -2.16. The molecular weight excluding hydrogens is 352 g/mol. The molecule has 140 valence electrons. The summed E-state index contributed by atoms with van der Waals surface area (Å²) in [5, 5.41) is 7.37. The van der Waals surface area contributed by atoms with Crippen LogP contribution in [0.2, 0.25) is 0 Å². The lowest BCUT2D eigenvalue weighted by Crippen LogP contribution is -2.30. The summed E-state index contributed by atoms with van der Waals surface area (Å²) in [5.74, 6) is 2.20. The van der Waals surface area contributed by atoms with Crippen LogP contribution in [-0.4, -0.2) is 54.7 Å². The van der Waals surface area contributed by atoms with E-state index in [0.717, 1.165) is 30.1 Å². The predicted molar refractivity (Wildman–Crippen MR) is 97.1 cm³/mol. The van der Waals surface area contributed by atoms with Gasteiger partial charge in [-0.05, 0) is 18.4 Å². The molecule has 2 atom stereocenters. The highest BCUT2D eigenvalue weighted by atomic mass is 32.2. The molecule has 1 saturated heterocycles. The smallest absolute Gasteiger partial charge is 0.218 e. The standard InChI is InChI=1S/C18H24N4O3S/c1-25-11-15-9-22(26(23,24)12-13-5-3-2-4-6-13)10-16(15)18-19-17(20-21-18)14-7-8-14/h2-6,14-16H,7-12H2,1H3,(H,19,20,21)/t15-,16+/m0/s1. The lowest BCUT2D eigenvalue weighted by atomic mass is 9.96. The van der Waals surface area contributed by atoms with E-state index in [-0.39, 0.29) is 17.6 Å². The van der Waals surface area contributed by atoms with Crippen molar-refractivity contribution in [3.05, 3.63) is 47.5 Å². The first-order valence-electron chi connectivity index (χ1n) is 8.99. The van der Waals surface area contributed by atoms with Crippen LogP contribution in [0, 0.1) is 5.92 Å². The molecule has 4 rings (SSSR count). The van der Waals surface area contributed by atoms with Gasteiger partial charge in [0.25, 0.3) is 0 Å². The minimum Gasteiger partial charge on any atom is -0.384 e. The first kappa shape index (κ1) is 17.6. The second kappa shape index (κ2) is 7.09. The number of H-pyrrole nitrogens is 1. The maximum atomic E-state index is 12.9. The van der Waals surface area contributed by atoms with Crippen molar-refractivity contribution in [1.29, 1.82) is 0 Å². The van der Waals surface area contributed by atoms with Crippen LogP contribution in [0.1, 0.15) is 41.9 Å². The lowest BCUT2D eigenvalue weighted by molar-refractivity contribution is 0.150. The fourth-order valence-corrected chi connectivity index (χ4v) is 5.21. The molecule has 2 aliphatic rings. The molecule has 1 aliphatic heterocycles. The van der Waals surface area contributed by atoms with Crippen molar-refractivity contribution >= 4 is 10.0 Å². The Morgan fingerprint density at radius 1 is 1.23 bits per heavy atom. The minimum atomic E-state index is -3.39. The second-order valence-corrected chi connectivity index (χ2v) is 9.20. The maximum Gasteiger partial charge on any atom is 0.218 e. The van der Waals surface area contributed by atoms with Gasteiger partial charge >= 0.3 is 0 Å². The van der Waals surface area contributed by atoms with Crippen LogP contribution in [-0.2, 0) is 20.5 Å². The summed E-state index contributed by atoms with van der Waals surface area (Å²) in [6.07, 6.45) is 2.28. The minimum absolute atomic E-state index is 0.0134. The Morgan fingerprint density at radius 3 is 2.69 bits per heavy atom. The van der Waals surface area contributed by atoms with Gasteiger partial charge < -0.3 is 4.74 Å². The van der Waals surface area contributed by atoms with E-state index >= 15 is 0 Å². The van der Waals surface area contributed by atoms with Crippen molar-refractivity contribution in [3.8, 4) is 0 Å². The third-order valence-electron chi connectivity index (χ3n) is 5.19. The highest BCUT2D eigenvalue weighted by Gasteiger charge is 2.41. The number of rotatable bonds is 7. The third kappa shape index (κ3) is 3.67. The first-order chi connectivity index (χ1) is 12.6. The Hall–Kier alpha value is -1.77. The van der Waals surface area contributed by atoms with Gasteiger partial charge in [-0.25, -0.2) is 17.7 Å². The number of methoxy groups -OCH3 is 1. The van der Waals surface area contributed by atoms with E-state index in [1.807, 2.05) is 30.3 Å². The fourth-order valence-electron chi connectivity index (χ4n) is 3.61. The van der Waals surface area contributed by atoms with E-state index in [0.29, 0.717) is 25.6 Å². The summed E-state index contributed by atoms with van der Waals surface area (Å²) >= 11 is 0. The molecule has 0 amide bonds. The normalized spacial score (nSPS) is 24.2. The predicted octanol–water partition coefficient (Wildman–Crippen LogP) is 1.87. The molecule has 1 saturated carbocycles.